The normalized spacial score (nSPS) is 6.78. The van der Waals surface area contributed by atoms with E-state index in [2.05, 4.69) is 4.98 Å². The topological polar surface area (TPSA) is 146 Å². The first-order chi connectivity index (χ1) is 7.25. The summed E-state index contributed by atoms with van der Waals surface area (Å²) in [6, 6.07) is 1.24. The minimum absolute atomic E-state index is 0. The van der Waals surface area contributed by atoms with Crippen LogP contribution in [0, 0.1) is 0 Å². The first-order valence-corrected chi connectivity index (χ1v) is 3.89. The molecule has 1 rings (SSSR count). The van der Waals surface area contributed by atoms with Crippen LogP contribution in [0.4, 0.5) is 0 Å². The van der Waals surface area contributed by atoms with E-state index < -0.39 is 17.6 Å². The van der Waals surface area contributed by atoms with Crippen molar-refractivity contribution in [3.8, 4) is 0 Å². The minimum Gasteiger partial charge on any atom is -0.550 e. The molecule has 0 bridgehead atoms. The number of aromatic amines is 2. The summed E-state index contributed by atoms with van der Waals surface area (Å²) in [6.45, 7) is 1.94. The SMILES string of the molecule is CC(=O)[O-].CC(=O)[O-].O=c1cc[nH]c(=O)[nH]1.[Na+].[Na+]. The maximum absolute atomic E-state index is 10.2. The summed E-state index contributed by atoms with van der Waals surface area (Å²) in [5.41, 5.74) is -0.855. The second-order valence-electron chi connectivity index (χ2n) is 2.28. The molecule has 90 valence electrons. The van der Waals surface area contributed by atoms with Crippen molar-refractivity contribution in [2.45, 2.75) is 13.8 Å². The van der Waals surface area contributed by atoms with Gasteiger partial charge < -0.3 is 24.8 Å². The Hall–Kier alpha value is -0.380. The van der Waals surface area contributed by atoms with E-state index in [-0.39, 0.29) is 64.7 Å². The molecule has 8 nitrogen and oxygen atoms in total. The summed E-state index contributed by atoms with van der Waals surface area (Å²) in [5.74, 6) is -2.17. The first kappa shape index (κ1) is 26.2. The molecule has 0 fully saturated rings. The molecule has 0 spiro atoms. The Bertz CT molecular complexity index is 396. The van der Waals surface area contributed by atoms with Crippen molar-refractivity contribution in [3.63, 3.8) is 0 Å². The molecule has 0 aliphatic heterocycles. The van der Waals surface area contributed by atoms with Gasteiger partial charge in [0.1, 0.15) is 0 Å². The second kappa shape index (κ2) is 16.6. The van der Waals surface area contributed by atoms with Crippen molar-refractivity contribution in [2.24, 2.45) is 0 Å². The van der Waals surface area contributed by atoms with Gasteiger partial charge in [-0.05, 0) is 13.8 Å². The van der Waals surface area contributed by atoms with Crippen LogP contribution in [0.15, 0.2) is 21.9 Å². The number of carbonyl (C=O) groups is 2. The van der Waals surface area contributed by atoms with E-state index in [1.165, 1.54) is 12.3 Å². The molecule has 0 amide bonds. The number of hydrogen-bond acceptors (Lipinski definition) is 6. The third kappa shape index (κ3) is 36.1. The van der Waals surface area contributed by atoms with Gasteiger partial charge in [-0.2, -0.15) is 0 Å². The quantitative estimate of drug-likeness (QED) is 0.450. The van der Waals surface area contributed by atoms with Gasteiger partial charge in [0.25, 0.3) is 5.56 Å². The van der Waals surface area contributed by atoms with E-state index in [0.29, 0.717) is 0 Å². The second-order valence-corrected chi connectivity index (χ2v) is 2.28. The number of aliphatic carboxylic acids is 2. The van der Waals surface area contributed by atoms with E-state index in [4.69, 9.17) is 19.8 Å². The fraction of sp³-hybridized carbons (Fsp3) is 0.250. The Balaban J connectivity index is -0.0000000860. The van der Waals surface area contributed by atoms with E-state index in [1.54, 1.807) is 0 Å². The van der Waals surface area contributed by atoms with Crippen molar-refractivity contribution in [3.05, 3.63) is 33.1 Å². The summed E-state index contributed by atoms with van der Waals surface area (Å²) in [7, 11) is 0. The molecule has 10 heteroatoms. The van der Waals surface area contributed by atoms with E-state index in [0.717, 1.165) is 13.8 Å². The molecule has 0 aliphatic carbocycles. The largest absolute Gasteiger partial charge is 1.00 e. The van der Waals surface area contributed by atoms with Crippen LogP contribution in [0.2, 0.25) is 0 Å². The Labute approximate surface area is 146 Å². The fourth-order valence-corrected chi connectivity index (χ4v) is 0.383. The summed E-state index contributed by atoms with van der Waals surface area (Å²) in [5, 5.41) is 17.8. The van der Waals surface area contributed by atoms with Gasteiger partial charge in [0.2, 0.25) is 0 Å². The molecular formula is C8H10N2Na2O6. The minimum atomic E-state index is -1.08. The maximum atomic E-state index is 10.2. The van der Waals surface area contributed by atoms with Gasteiger partial charge >= 0.3 is 64.8 Å². The van der Waals surface area contributed by atoms with Crippen molar-refractivity contribution in [2.75, 3.05) is 0 Å². The zero-order valence-corrected chi connectivity index (χ0v) is 14.6. The Kier molecular flexibility index (Phi) is 24.2. The molecule has 0 saturated heterocycles. The van der Waals surface area contributed by atoms with Crippen molar-refractivity contribution in [1.29, 1.82) is 0 Å². The molecule has 2 N–H and O–H groups in total. The molecule has 0 radical (unpaired) electrons. The zero-order valence-electron chi connectivity index (χ0n) is 10.6. The number of carboxylic acid groups (broad SMARTS) is 2. The number of rotatable bonds is 0. The standard InChI is InChI=1S/C4H4N2O2.2C2H4O2.2Na/c7-3-1-2-5-4(8)6-3;2*1-2(3)4;;/h1-2H,(H2,5,6,7,8);2*1H3,(H,3,4);;/q;;;2*+1/p-2. The Morgan fingerprint density at radius 3 is 1.56 bits per heavy atom. The summed E-state index contributed by atoms with van der Waals surface area (Å²) < 4.78 is 0. The molecule has 0 unspecified atom stereocenters. The van der Waals surface area contributed by atoms with Crippen LogP contribution >= 0.6 is 0 Å². The number of nitrogens with one attached hydrogen (secondary N) is 2. The van der Waals surface area contributed by atoms with Crippen LogP contribution in [0.3, 0.4) is 0 Å². The van der Waals surface area contributed by atoms with Gasteiger partial charge in [-0.1, -0.05) is 0 Å². The van der Waals surface area contributed by atoms with Crippen LogP contribution in [0.25, 0.3) is 0 Å². The monoisotopic (exact) mass is 276 g/mol. The Morgan fingerprint density at radius 1 is 1.06 bits per heavy atom. The Morgan fingerprint density at radius 2 is 1.39 bits per heavy atom. The number of hydrogen-bond donors (Lipinski definition) is 2. The molecule has 1 aromatic rings. The van der Waals surface area contributed by atoms with Crippen LogP contribution in [-0.2, 0) is 9.59 Å². The number of carboxylic acids is 2. The van der Waals surface area contributed by atoms with Gasteiger partial charge in [-0.25, -0.2) is 4.79 Å². The molecule has 1 heterocycles. The van der Waals surface area contributed by atoms with Gasteiger partial charge in [0, 0.05) is 24.2 Å². The van der Waals surface area contributed by atoms with Crippen LogP contribution in [0.5, 0.6) is 0 Å². The summed E-state index contributed by atoms with van der Waals surface area (Å²) in [6.07, 6.45) is 1.29. The van der Waals surface area contributed by atoms with Crippen molar-refractivity contribution < 1.29 is 78.9 Å². The van der Waals surface area contributed by atoms with Gasteiger partial charge in [-0.15, -0.1) is 0 Å². The smallest absolute Gasteiger partial charge is 0.550 e. The molecular weight excluding hydrogens is 266 g/mol. The average molecular weight is 276 g/mol. The molecule has 1 aromatic heterocycles. The van der Waals surface area contributed by atoms with Gasteiger partial charge in [0.15, 0.2) is 0 Å². The van der Waals surface area contributed by atoms with E-state index in [9.17, 15) is 9.59 Å². The zero-order chi connectivity index (χ0) is 13.1. The molecule has 0 aliphatic rings. The van der Waals surface area contributed by atoms with E-state index >= 15 is 0 Å². The van der Waals surface area contributed by atoms with E-state index in [1.807, 2.05) is 4.98 Å². The van der Waals surface area contributed by atoms with Crippen LogP contribution in [-0.4, -0.2) is 21.9 Å². The molecule has 0 atom stereocenters. The van der Waals surface area contributed by atoms with Crippen molar-refractivity contribution >= 4 is 11.9 Å². The summed E-state index contributed by atoms with van der Waals surface area (Å²) in [4.78, 5) is 42.4. The first-order valence-electron chi connectivity index (χ1n) is 3.89. The third-order valence-electron chi connectivity index (χ3n) is 0.686. The van der Waals surface area contributed by atoms with Gasteiger partial charge in [-0.3, -0.25) is 9.78 Å². The van der Waals surface area contributed by atoms with Crippen molar-refractivity contribution in [1.82, 2.24) is 9.97 Å². The predicted octanol–water partition coefficient (Wildman–Crippen LogP) is -9.42. The predicted molar refractivity (Wildman–Crippen MR) is 49.0 cm³/mol. The fourth-order valence-electron chi connectivity index (χ4n) is 0.383. The molecule has 0 aromatic carbocycles. The number of H-pyrrole nitrogens is 2. The molecule has 0 saturated carbocycles. The van der Waals surface area contributed by atoms with Gasteiger partial charge in [0.05, 0.1) is 0 Å². The number of carbonyl (C=O) groups excluding carboxylic acids is 2. The van der Waals surface area contributed by atoms with Crippen LogP contribution in [0.1, 0.15) is 13.8 Å². The average Bonchev–Trinajstić information content (AvgIpc) is 2.00. The summed E-state index contributed by atoms with van der Waals surface area (Å²) >= 11 is 0. The number of aromatic nitrogens is 2. The third-order valence-corrected chi connectivity index (χ3v) is 0.686. The maximum Gasteiger partial charge on any atom is 1.00 e. The molecule has 18 heavy (non-hydrogen) atoms. The van der Waals surface area contributed by atoms with Crippen LogP contribution < -0.4 is 80.6 Å².